The summed E-state index contributed by atoms with van der Waals surface area (Å²) in [6.45, 7) is 2.41. The molecule has 1 fully saturated rings. The molecule has 0 aromatic heterocycles. The predicted octanol–water partition coefficient (Wildman–Crippen LogP) is 6.94. The molecule has 200 valence electrons. The average molecular weight is 661 g/mol. The fourth-order valence-corrected chi connectivity index (χ4v) is 5.58. The number of amides is 2. The normalized spacial score (nSPS) is 13.5. The summed E-state index contributed by atoms with van der Waals surface area (Å²) in [7, 11) is 1.56. The first kappa shape index (κ1) is 27.5. The molecule has 0 bridgehead atoms. The van der Waals surface area contributed by atoms with Crippen LogP contribution in [0.4, 0.5) is 11.4 Å². The van der Waals surface area contributed by atoms with Crippen molar-refractivity contribution in [2.45, 2.75) is 13.5 Å². The summed E-state index contributed by atoms with van der Waals surface area (Å²) in [5, 5.41) is 0.0941. The Morgan fingerprint density at radius 2 is 1.43 bits per heavy atom. The molecule has 1 saturated heterocycles. The summed E-state index contributed by atoms with van der Waals surface area (Å²) >= 11 is 7.86. The summed E-state index contributed by atoms with van der Waals surface area (Å²) in [6, 6.07) is 29.9. The molecule has 0 radical (unpaired) electrons. The molecule has 0 N–H and O–H groups in total. The molecule has 0 spiro atoms. The van der Waals surface area contributed by atoms with Gasteiger partial charge in [0.15, 0.2) is 16.6 Å². The maximum absolute atomic E-state index is 13.8. The summed E-state index contributed by atoms with van der Waals surface area (Å²) in [5.41, 5.74) is 3.94. The van der Waals surface area contributed by atoms with E-state index in [0.29, 0.717) is 35.0 Å². The zero-order valence-electron chi connectivity index (χ0n) is 21.8. The van der Waals surface area contributed by atoms with Crippen LogP contribution in [0.15, 0.2) is 103 Å². The fourth-order valence-electron chi connectivity index (χ4n) is 4.43. The molecule has 1 heterocycles. The Balaban J connectivity index is 1.54. The van der Waals surface area contributed by atoms with Crippen molar-refractivity contribution in [2.75, 3.05) is 16.9 Å². The van der Waals surface area contributed by atoms with Gasteiger partial charge in [-0.15, -0.1) is 0 Å². The van der Waals surface area contributed by atoms with E-state index in [1.807, 2.05) is 67.6 Å². The van der Waals surface area contributed by atoms with Crippen molar-refractivity contribution < 1.29 is 19.1 Å². The number of hydrogen-bond donors (Lipinski definition) is 0. The van der Waals surface area contributed by atoms with Crippen molar-refractivity contribution in [2.24, 2.45) is 0 Å². The van der Waals surface area contributed by atoms with E-state index in [-0.39, 0.29) is 10.7 Å². The maximum Gasteiger partial charge on any atom is 0.270 e. The van der Waals surface area contributed by atoms with Gasteiger partial charge in [0.1, 0.15) is 12.2 Å². The molecule has 0 unspecified atom stereocenters. The number of benzene rings is 4. The van der Waals surface area contributed by atoms with E-state index in [1.165, 1.54) is 9.80 Å². The maximum atomic E-state index is 13.8. The smallest absolute Gasteiger partial charge is 0.270 e. The van der Waals surface area contributed by atoms with Crippen LogP contribution in [0.25, 0.3) is 6.08 Å². The number of hydrogen-bond acceptors (Lipinski definition) is 5. The van der Waals surface area contributed by atoms with Crippen molar-refractivity contribution in [3.63, 3.8) is 0 Å². The zero-order valence-corrected chi connectivity index (χ0v) is 24.8. The molecule has 2 amide bonds. The molecule has 1 aliphatic heterocycles. The Kier molecular flexibility index (Phi) is 8.27. The lowest BCUT2D eigenvalue weighted by atomic mass is 10.0. The number of ether oxygens (including phenoxy) is 2. The van der Waals surface area contributed by atoms with E-state index in [4.69, 9.17) is 21.7 Å². The lowest BCUT2D eigenvalue weighted by Crippen LogP contribution is -2.56. The molecule has 6 nitrogen and oxygen atoms in total. The van der Waals surface area contributed by atoms with Crippen LogP contribution in [0, 0.1) is 10.5 Å². The van der Waals surface area contributed by atoms with Crippen molar-refractivity contribution in [3.05, 3.63) is 123 Å². The molecule has 8 heteroatoms. The lowest BCUT2D eigenvalue weighted by Gasteiger charge is -2.36. The highest BCUT2D eigenvalue weighted by atomic mass is 127. The monoisotopic (exact) mass is 660 g/mol. The van der Waals surface area contributed by atoms with Gasteiger partial charge in [-0.1, -0.05) is 66.2 Å². The summed E-state index contributed by atoms with van der Waals surface area (Å²) < 4.78 is 12.6. The Hall–Kier alpha value is -4.02. The van der Waals surface area contributed by atoms with Crippen molar-refractivity contribution in [3.8, 4) is 11.5 Å². The van der Waals surface area contributed by atoms with E-state index >= 15 is 0 Å². The molecule has 5 rings (SSSR count). The van der Waals surface area contributed by atoms with E-state index in [1.54, 1.807) is 43.5 Å². The van der Waals surface area contributed by atoms with Crippen LogP contribution in [0.3, 0.4) is 0 Å². The van der Waals surface area contributed by atoms with Gasteiger partial charge in [-0.2, -0.15) is 0 Å². The highest BCUT2D eigenvalue weighted by Crippen LogP contribution is 2.36. The van der Waals surface area contributed by atoms with Crippen LogP contribution < -0.4 is 19.3 Å². The third-order valence-electron chi connectivity index (χ3n) is 6.31. The standard InChI is InChI=1S/C32H25IN2O4S/c1-21-10-9-11-22(16-21)20-39-29-27(33)18-23(19-28(29)38-2)17-26-30(36)34(24-12-5-3-6-13-24)32(40)35(31(26)37)25-14-7-4-8-15-25/h3-19H,20H2,1-2H3. The van der Waals surface area contributed by atoms with Gasteiger partial charge in [0.25, 0.3) is 11.8 Å². The van der Waals surface area contributed by atoms with Gasteiger partial charge in [0, 0.05) is 0 Å². The first-order valence-corrected chi connectivity index (χ1v) is 14.0. The Morgan fingerprint density at radius 3 is 1.98 bits per heavy atom. The number of carbonyl (C=O) groups is 2. The van der Waals surface area contributed by atoms with E-state index < -0.39 is 11.8 Å². The second-order valence-electron chi connectivity index (χ2n) is 9.10. The first-order chi connectivity index (χ1) is 19.4. The summed E-state index contributed by atoms with van der Waals surface area (Å²) in [4.78, 5) is 30.3. The minimum absolute atomic E-state index is 0.0208. The van der Waals surface area contributed by atoms with Crippen LogP contribution in [-0.2, 0) is 16.2 Å². The molecular formula is C32H25IN2O4S. The summed E-state index contributed by atoms with van der Waals surface area (Å²) in [6.07, 6.45) is 1.58. The Morgan fingerprint density at radius 1 is 0.825 bits per heavy atom. The Bertz CT molecular complexity index is 1560. The third kappa shape index (κ3) is 5.64. The van der Waals surface area contributed by atoms with Crippen LogP contribution in [-0.4, -0.2) is 24.0 Å². The highest BCUT2D eigenvalue weighted by Gasteiger charge is 2.41. The van der Waals surface area contributed by atoms with Crippen molar-refractivity contribution >= 4 is 69.2 Å². The minimum Gasteiger partial charge on any atom is -0.493 e. The van der Waals surface area contributed by atoms with Crippen LogP contribution in [0.2, 0.25) is 0 Å². The van der Waals surface area contributed by atoms with Gasteiger partial charge in [0.2, 0.25) is 0 Å². The number of carbonyl (C=O) groups excluding carboxylic acids is 2. The fraction of sp³-hybridized carbons (Fsp3) is 0.0938. The van der Waals surface area contributed by atoms with Crippen molar-refractivity contribution in [1.82, 2.24) is 0 Å². The van der Waals surface area contributed by atoms with Gasteiger partial charge in [-0.25, -0.2) is 0 Å². The molecule has 0 saturated carbocycles. The van der Waals surface area contributed by atoms with Gasteiger partial charge < -0.3 is 9.47 Å². The molecule has 1 aliphatic rings. The largest absolute Gasteiger partial charge is 0.493 e. The van der Waals surface area contributed by atoms with Gasteiger partial charge in [0.05, 0.1) is 22.1 Å². The van der Waals surface area contributed by atoms with Crippen LogP contribution in [0.1, 0.15) is 16.7 Å². The predicted molar refractivity (Wildman–Crippen MR) is 170 cm³/mol. The molecule has 4 aromatic carbocycles. The quantitative estimate of drug-likeness (QED) is 0.0932. The lowest BCUT2D eigenvalue weighted by molar-refractivity contribution is -0.120. The molecule has 0 aliphatic carbocycles. The number of thiocarbonyl (C=S) groups is 1. The van der Waals surface area contributed by atoms with Crippen LogP contribution >= 0.6 is 34.8 Å². The number of anilines is 2. The number of halogens is 1. The minimum atomic E-state index is -0.498. The van der Waals surface area contributed by atoms with Gasteiger partial charge in [-0.05, 0) is 95.3 Å². The second kappa shape index (κ2) is 12.0. The molecule has 40 heavy (non-hydrogen) atoms. The van der Waals surface area contributed by atoms with Gasteiger partial charge in [-0.3, -0.25) is 19.4 Å². The van der Waals surface area contributed by atoms with Gasteiger partial charge >= 0.3 is 0 Å². The van der Waals surface area contributed by atoms with E-state index in [2.05, 4.69) is 28.7 Å². The van der Waals surface area contributed by atoms with Crippen LogP contribution in [0.5, 0.6) is 11.5 Å². The number of nitrogens with zero attached hydrogens (tertiary/aromatic N) is 2. The Labute approximate surface area is 252 Å². The third-order valence-corrected chi connectivity index (χ3v) is 7.47. The zero-order chi connectivity index (χ0) is 28.2. The molecule has 0 atom stereocenters. The van der Waals surface area contributed by atoms with E-state index in [0.717, 1.165) is 14.7 Å². The molecule has 4 aromatic rings. The average Bonchev–Trinajstić information content (AvgIpc) is 2.96. The van der Waals surface area contributed by atoms with E-state index in [9.17, 15) is 9.59 Å². The number of para-hydroxylation sites is 2. The van der Waals surface area contributed by atoms with Crippen molar-refractivity contribution in [1.29, 1.82) is 0 Å². The SMILES string of the molecule is COc1cc(C=C2C(=O)N(c3ccccc3)C(=S)N(c3ccccc3)C2=O)cc(I)c1OCc1cccc(C)c1. The first-order valence-electron chi connectivity index (χ1n) is 12.5. The number of methoxy groups -OCH3 is 1. The topological polar surface area (TPSA) is 59.1 Å². The molecular weight excluding hydrogens is 635 g/mol. The number of aryl methyl sites for hydroxylation is 1. The number of rotatable bonds is 7. The second-order valence-corrected chi connectivity index (χ2v) is 10.6. The highest BCUT2D eigenvalue weighted by molar-refractivity contribution is 14.1. The summed E-state index contributed by atoms with van der Waals surface area (Å²) in [5.74, 6) is 0.0905.